The molecule has 68 valence electrons. The first-order valence-electron chi connectivity index (χ1n) is 4.34. The predicted molar refractivity (Wildman–Crippen MR) is 54.9 cm³/mol. The van der Waals surface area contributed by atoms with Crippen molar-refractivity contribution in [2.45, 2.75) is 33.7 Å². The summed E-state index contributed by atoms with van der Waals surface area (Å²) in [5, 5.41) is 4.44. The molecule has 0 bridgehead atoms. The van der Waals surface area contributed by atoms with E-state index in [1.807, 2.05) is 4.68 Å². The van der Waals surface area contributed by atoms with E-state index in [1.54, 1.807) is 0 Å². The van der Waals surface area contributed by atoms with Crippen LogP contribution in [0.5, 0.6) is 0 Å². The van der Waals surface area contributed by atoms with Gasteiger partial charge in [0, 0.05) is 11.4 Å². The lowest BCUT2D eigenvalue weighted by atomic mass is 10.1. The van der Waals surface area contributed by atoms with Crippen molar-refractivity contribution in [1.82, 2.24) is 9.78 Å². The Bertz CT molecular complexity index is 266. The molecule has 0 spiro atoms. The SMILES string of the molecule is CCc1c(C)nn(CCS)c1C. The summed E-state index contributed by atoms with van der Waals surface area (Å²) in [6.45, 7) is 7.28. The minimum absolute atomic E-state index is 0.852. The second-order valence-electron chi connectivity index (χ2n) is 2.95. The third-order valence-electron chi connectivity index (χ3n) is 2.20. The molecule has 0 atom stereocenters. The van der Waals surface area contributed by atoms with Crippen LogP contribution in [0.3, 0.4) is 0 Å². The van der Waals surface area contributed by atoms with Gasteiger partial charge in [-0.2, -0.15) is 17.7 Å². The van der Waals surface area contributed by atoms with Gasteiger partial charge in [-0.1, -0.05) is 6.92 Å². The highest BCUT2D eigenvalue weighted by Gasteiger charge is 2.07. The molecule has 12 heavy (non-hydrogen) atoms. The van der Waals surface area contributed by atoms with Gasteiger partial charge in [0.05, 0.1) is 12.2 Å². The van der Waals surface area contributed by atoms with E-state index in [-0.39, 0.29) is 0 Å². The molecule has 0 saturated carbocycles. The van der Waals surface area contributed by atoms with Crippen LogP contribution in [0, 0.1) is 13.8 Å². The Labute approximate surface area is 79.4 Å². The molecule has 0 fully saturated rings. The van der Waals surface area contributed by atoms with Crippen molar-refractivity contribution in [3.63, 3.8) is 0 Å². The van der Waals surface area contributed by atoms with E-state index in [0.717, 1.165) is 24.4 Å². The zero-order valence-corrected chi connectivity index (χ0v) is 8.86. The molecule has 0 saturated heterocycles. The fraction of sp³-hybridized carbons (Fsp3) is 0.667. The van der Waals surface area contributed by atoms with E-state index in [1.165, 1.54) is 11.3 Å². The Morgan fingerprint density at radius 1 is 1.42 bits per heavy atom. The average Bonchev–Trinajstić information content (AvgIpc) is 2.29. The highest BCUT2D eigenvalue weighted by atomic mass is 32.1. The van der Waals surface area contributed by atoms with Crippen LogP contribution in [0.4, 0.5) is 0 Å². The highest BCUT2D eigenvalue weighted by molar-refractivity contribution is 7.80. The molecule has 0 aliphatic heterocycles. The van der Waals surface area contributed by atoms with E-state index >= 15 is 0 Å². The predicted octanol–water partition coefficient (Wildman–Crippen LogP) is 1.99. The lowest BCUT2D eigenvalue weighted by Crippen LogP contribution is -2.03. The molecule has 1 aromatic heterocycles. The summed E-state index contributed by atoms with van der Waals surface area (Å²) in [4.78, 5) is 0. The van der Waals surface area contributed by atoms with Crippen LogP contribution in [-0.2, 0) is 13.0 Å². The van der Waals surface area contributed by atoms with E-state index in [2.05, 4.69) is 38.5 Å². The van der Waals surface area contributed by atoms with Crippen molar-refractivity contribution in [2.24, 2.45) is 0 Å². The fourth-order valence-electron chi connectivity index (χ4n) is 1.56. The fourth-order valence-corrected chi connectivity index (χ4v) is 1.75. The molecule has 0 aliphatic rings. The molecule has 0 radical (unpaired) electrons. The maximum Gasteiger partial charge on any atom is 0.0628 e. The number of aryl methyl sites for hydroxylation is 2. The standard InChI is InChI=1S/C9H16N2S/c1-4-9-7(2)10-11(5-6-12)8(9)3/h12H,4-6H2,1-3H3. The van der Waals surface area contributed by atoms with Crippen molar-refractivity contribution in [2.75, 3.05) is 5.75 Å². The number of hydrogen-bond acceptors (Lipinski definition) is 2. The Hall–Kier alpha value is -0.440. The molecule has 0 unspecified atom stereocenters. The molecule has 1 rings (SSSR count). The van der Waals surface area contributed by atoms with Gasteiger partial charge < -0.3 is 0 Å². The van der Waals surface area contributed by atoms with Crippen LogP contribution in [-0.4, -0.2) is 15.5 Å². The first-order chi connectivity index (χ1) is 5.70. The zero-order chi connectivity index (χ0) is 9.14. The van der Waals surface area contributed by atoms with Crippen LogP contribution < -0.4 is 0 Å². The van der Waals surface area contributed by atoms with Gasteiger partial charge in [-0.25, -0.2) is 0 Å². The van der Waals surface area contributed by atoms with Gasteiger partial charge >= 0.3 is 0 Å². The number of thiol groups is 1. The van der Waals surface area contributed by atoms with E-state index in [0.29, 0.717) is 0 Å². The summed E-state index contributed by atoms with van der Waals surface area (Å²) < 4.78 is 2.04. The second-order valence-corrected chi connectivity index (χ2v) is 3.40. The molecular weight excluding hydrogens is 168 g/mol. The van der Waals surface area contributed by atoms with Crippen LogP contribution in [0.25, 0.3) is 0 Å². The summed E-state index contributed by atoms with van der Waals surface area (Å²) in [5.41, 5.74) is 3.85. The maximum atomic E-state index is 4.44. The van der Waals surface area contributed by atoms with E-state index in [4.69, 9.17) is 0 Å². The molecule has 0 aliphatic carbocycles. The Kier molecular flexibility index (Phi) is 3.20. The number of nitrogens with zero attached hydrogens (tertiary/aromatic N) is 2. The van der Waals surface area contributed by atoms with Crippen molar-refractivity contribution >= 4 is 12.6 Å². The van der Waals surface area contributed by atoms with Crippen LogP contribution >= 0.6 is 12.6 Å². The topological polar surface area (TPSA) is 17.8 Å². The van der Waals surface area contributed by atoms with Crippen LogP contribution in [0.1, 0.15) is 23.9 Å². The number of rotatable bonds is 3. The zero-order valence-electron chi connectivity index (χ0n) is 7.96. The second kappa shape index (κ2) is 3.99. The van der Waals surface area contributed by atoms with Crippen LogP contribution in [0.15, 0.2) is 0 Å². The lowest BCUT2D eigenvalue weighted by molar-refractivity contribution is 0.640. The first-order valence-corrected chi connectivity index (χ1v) is 4.97. The van der Waals surface area contributed by atoms with Gasteiger partial charge in [-0.15, -0.1) is 0 Å². The first kappa shape index (κ1) is 9.65. The summed E-state index contributed by atoms with van der Waals surface area (Å²) in [6.07, 6.45) is 1.07. The van der Waals surface area contributed by atoms with Gasteiger partial charge in [-0.3, -0.25) is 4.68 Å². The highest BCUT2D eigenvalue weighted by Crippen LogP contribution is 2.13. The molecule has 0 N–H and O–H groups in total. The third-order valence-corrected chi connectivity index (χ3v) is 2.40. The molecular formula is C9H16N2S. The normalized spacial score (nSPS) is 10.7. The lowest BCUT2D eigenvalue weighted by Gasteiger charge is -2.01. The molecule has 3 heteroatoms. The van der Waals surface area contributed by atoms with E-state index in [9.17, 15) is 0 Å². The smallest absolute Gasteiger partial charge is 0.0628 e. The van der Waals surface area contributed by atoms with Crippen molar-refractivity contribution in [3.8, 4) is 0 Å². The number of aromatic nitrogens is 2. The van der Waals surface area contributed by atoms with Gasteiger partial charge in [0.25, 0.3) is 0 Å². The van der Waals surface area contributed by atoms with Gasteiger partial charge in [0.1, 0.15) is 0 Å². The Balaban J connectivity index is 3.00. The Morgan fingerprint density at radius 3 is 2.50 bits per heavy atom. The molecule has 1 aromatic rings. The van der Waals surface area contributed by atoms with Crippen molar-refractivity contribution in [3.05, 3.63) is 17.0 Å². The molecule has 0 aromatic carbocycles. The van der Waals surface area contributed by atoms with Crippen molar-refractivity contribution in [1.29, 1.82) is 0 Å². The van der Waals surface area contributed by atoms with Gasteiger partial charge in [0.15, 0.2) is 0 Å². The number of hydrogen-bond donors (Lipinski definition) is 1. The van der Waals surface area contributed by atoms with Crippen LogP contribution in [0.2, 0.25) is 0 Å². The summed E-state index contributed by atoms with van der Waals surface area (Å²) >= 11 is 4.19. The third kappa shape index (κ3) is 1.66. The summed E-state index contributed by atoms with van der Waals surface area (Å²) in [6, 6.07) is 0. The maximum absolute atomic E-state index is 4.44. The van der Waals surface area contributed by atoms with Gasteiger partial charge in [0.2, 0.25) is 0 Å². The van der Waals surface area contributed by atoms with Gasteiger partial charge in [-0.05, 0) is 25.8 Å². The Morgan fingerprint density at radius 2 is 2.08 bits per heavy atom. The largest absolute Gasteiger partial charge is 0.269 e. The summed E-state index contributed by atoms with van der Waals surface area (Å²) in [5.74, 6) is 0.852. The molecule has 2 nitrogen and oxygen atoms in total. The quantitative estimate of drug-likeness (QED) is 0.711. The van der Waals surface area contributed by atoms with Crippen molar-refractivity contribution < 1.29 is 0 Å². The molecule has 1 heterocycles. The summed E-state index contributed by atoms with van der Waals surface area (Å²) in [7, 11) is 0. The minimum atomic E-state index is 0.852. The average molecular weight is 184 g/mol. The minimum Gasteiger partial charge on any atom is -0.269 e. The van der Waals surface area contributed by atoms with E-state index < -0.39 is 0 Å². The monoisotopic (exact) mass is 184 g/mol. The molecule has 0 amide bonds.